The van der Waals surface area contributed by atoms with Crippen LogP contribution in [0.15, 0.2) is 35.3 Å². The summed E-state index contributed by atoms with van der Waals surface area (Å²) in [4.78, 5) is 17.8. The molecule has 82 valence electrons. The third kappa shape index (κ3) is 1.88. The zero-order chi connectivity index (χ0) is 11.5. The van der Waals surface area contributed by atoms with Crippen LogP contribution in [-0.2, 0) is 0 Å². The molecule has 16 heavy (non-hydrogen) atoms. The number of nitrogens with zero attached hydrogens (tertiary/aromatic N) is 1. The van der Waals surface area contributed by atoms with Crippen LogP contribution in [0, 0.1) is 0 Å². The van der Waals surface area contributed by atoms with E-state index in [0.29, 0.717) is 17.3 Å². The van der Waals surface area contributed by atoms with Crippen molar-refractivity contribution in [2.45, 2.75) is 0 Å². The van der Waals surface area contributed by atoms with E-state index in [1.165, 1.54) is 12.3 Å². The Morgan fingerprint density at radius 1 is 1.38 bits per heavy atom. The highest BCUT2D eigenvalue weighted by Gasteiger charge is 2.04. The molecule has 0 saturated heterocycles. The number of aromatic nitrogens is 2. The van der Waals surface area contributed by atoms with Gasteiger partial charge in [-0.2, -0.15) is 0 Å². The topological polar surface area (TPSA) is 81.0 Å². The second-order valence-corrected chi connectivity index (χ2v) is 3.24. The van der Waals surface area contributed by atoms with Gasteiger partial charge >= 0.3 is 0 Å². The van der Waals surface area contributed by atoms with Crippen molar-refractivity contribution in [2.24, 2.45) is 0 Å². The van der Waals surface area contributed by atoms with Gasteiger partial charge in [0.25, 0.3) is 5.56 Å². The Bertz CT molecular complexity index is 563. The first-order valence-corrected chi connectivity index (χ1v) is 4.70. The second kappa shape index (κ2) is 4.06. The number of nitrogens with one attached hydrogen (secondary N) is 1. The maximum Gasteiger partial charge on any atom is 0.251 e. The summed E-state index contributed by atoms with van der Waals surface area (Å²) in [6.07, 6.45) is 1.45. The van der Waals surface area contributed by atoms with E-state index in [-0.39, 0.29) is 5.56 Å². The monoisotopic (exact) mass is 217 g/mol. The van der Waals surface area contributed by atoms with Gasteiger partial charge in [0.2, 0.25) is 0 Å². The van der Waals surface area contributed by atoms with Gasteiger partial charge in [0.1, 0.15) is 11.6 Å². The third-order valence-electron chi connectivity index (χ3n) is 2.17. The largest absolute Gasteiger partial charge is 0.495 e. The SMILES string of the molecule is COc1ccc(-c2nccc(=O)[nH]2)cc1N. The molecule has 2 rings (SSSR count). The minimum atomic E-state index is -0.195. The van der Waals surface area contributed by atoms with E-state index in [0.717, 1.165) is 5.56 Å². The van der Waals surface area contributed by atoms with Gasteiger partial charge < -0.3 is 15.5 Å². The fraction of sp³-hybridized carbons (Fsp3) is 0.0909. The first-order valence-electron chi connectivity index (χ1n) is 4.70. The summed E-state index contributed by atoms with van der Waals surface area (Å²) in [6.45, 7) is 0. The molecule has 1 aromatic carbocycles. The minimum absolute atomic E-state index is 0.195. The number of ether oxygens (including phenoxy) is 1. The number of rotatable bonds is 2. The van der Waals surface area contributed by atoms with Crippen molar-refractivity contribution in [1.29, 1.82) is 0 Å². The number of nitrogens with two attached hydrogens (primary N) is 1. The molecule has 5 nitrogen and oxygen atoms in total. The number of hydrogen-bond acceptors (Lipinski definition) is 4. The van der Waals surface area contributed by atoms with Crippen LogP contribution in [-0.4, -0.2) is 17.1 Å². The fourth-order valence-electron chi connectivity index (χ4n) is 1.40. The van der Waals surface area contributed by atoms with Crippen LogP contribution < -0.4 is 16.0 Å². The molecule has 1 heterocycles. The molecular formula is C11H11N3O2. The molecule has 5 heteroatoms. The number of H-pyrrole nitrogens is 1. The van der Waals surface area contributed by atoms with E-state index in [1.54, 1.807) is 25.3 Å². The van der Waals surface area contributed by atoms with Gasteiger partial charge in [0, 0.05) is 17.8 Å². The molecule has 0 spiro atoms. The van der Waals surface area contributed by atoms with E-state index in [1.807, 2.05) is 0 Å². The van der Waals surface area contributed by atoms with Crippen molar-refractivity contribution >= 4 is 5.69 Å². The first-order chi connectivity index (χ1) is 7.70. The smallest absolute Gasteiger partial charge is 0.251 e. The van der Waals surface area contributed by atoms with Crippen LogP contribution >= 0.6 is 0 Å². The summed E-state index contributed by atoms with van der Waals surface area (Å²) >= 11 is 0. The molecule has 0 radical (unpaired) electrons. The molecule has 0 aliphatic rings. The quantitative estimate of drug-likeness (QED) is 0.736. The maximum atomic E-state index is 11.1. The molecule has 0 bridgehead atoms. The van der Waals surface area contributed by atoms with E-state index in [9.17, 15) is 4.79 Å². The van der Waals surface area contributed by atoms with Gasteiger partial charge in [0.05, 0.1) is 12.8 Å². The summed E-state index contributed by atoms with van der Waals surface area (Å²) in [7, 11) is 1.55. The summed E-state index contributed by atoms with van der Waals surface area (Å²) < 4.78 is 5.04. The molecule has 1 aromatic heterocycles. The van der Waals surface area contributed by atoms with Crippen LogP contribution in [0.3, 0.4) is 0 Å². The van der Waals surface area contributed by atoms with Crippen LogP contribution in [0.2, 0.25) is 0 Å². The summed E-state index contributed by atoms with van der Waals surface area (Å²) in [5.74, 6) is 1.09. The van der Waals surface area contributed by atoms with Crippen molar-refractivity contribution in [3.63, 3.8) is 0 Å². The van der Waals surface area contributed by atoms with Crippen molar-refractivity contribution < 1.29 is 4.74 Å². The Labute approximate surface area is 91.9 Å². The van der Waals surface area contributed by atoms with Crippen molar-refractivity contribution in [2.75, 3.05) is 12.8 Å². The summed E-state index contributed by atoms with van der Waals surface area (Å²) in [5, 5.41) is 0. The number of hydrogen-bond donors (Lipinski definition) is 2. The lowest BCUT2D eigenvalue weighted by atomic mass is 10.2. The zero-order valence-electron chi connectivity index (χ0n) is 8.73. The van der Waals surface area contributed by atoms with Gasteiger partial charge in [-0.1, -0.05) is 0 Å². The Morgan fingerprint density at radius 2 is 2.19 bits per heavy atom. The number of aromatic amines is 1. The van der Waals surface area contributed by atoms with E-state index in [2.05, 4.69) is 9.97 Å². The van der Waals surface area contributed by atoms with Gasteiger partial charge in [0.15, 0.2) is 0 Å². The lowest BCUT2D eigenvalue weighted by Gasteiger charge is -2.06. The molecule has 0 unspecified atom stereocenters. The molecular weight excluding hydrogens is 206 g/mol. The average molecular weight is 217 g/mol. The third-order valence-corrected chi connectivity index (χ3v) is 2.17. The van der Waals surface area contributed by atoms with Gasteiger partial charge in [-0.25, -0.2) is 4.98 Å². The number of nitrogen functional groups attached to an aromatic ring is 1. The van der Waals surface area contributed by atoms with E-state index in [4.69, 9.17) is 10.5 Å². The van der Waals surface area contributed by atoms with E-state index < -0.39 is 0 Å². The molecule has 0 amide bonds. The predicted molar refractivity (Wildman–Crippen MR) is 61.3 cm³/mol. The maximum absolute atomic E-state index is 11.1. The predicted octanol–water partition coefficient (Wildman–Crippen LogP) is 1.03. The lowest BCUT2D eigenvalue weighted by Crippen LogP contribution is -2.06. The summed E-state index contributed by atoms with van der Waals surface area (Å²) in [6, 6.07) is 6.58. The first kappa shape index (κ1) is 10.2. The molecule has 2 aromatic rings. The lowest BCUT2D eigenvalue weighted by molar-refractivity contribution is 0.417. The molecule has 0 aliphatic carbocycles. The van der Waals surface area contributed by atoms with Crippen LogP contribution in [0.5, 0.6) is 5.75 Å². The van der Waals surface area contributed by atoms with Crippen LogP contribution in [0.1, 0.15) is 0 Å². The van der Waals surface area contributed by atoms with E-state index >= 15 is 0 Å². The zero-order valence-corrected chi connectivity index (χ0v) is 8.73. The molecule has 3 N–H and O–H groups in total. The second-order valence-electron chi connectivity index (χ2n) is 3.24. The van der Waals surface area contributed by atoms with Crippen LogP contribution in [0.25, 0.3) is 11.4 Å². The summed E-state index contributed by atoms with van der Waals surface area (Å²) in [5.41, 5.74) is 6.82. The van der Waals surface area contributed by atoms with Gasteiger partial charge in [-0.05, 0) is 18.2 Å². The standard InChI is InChI=1S/C11H11N3O2/c1-16-9-3-2-7(6-8(9)12)11-13-5-4-10(15)14-11/h2-6H,12H2,1H3,(H,13,14,15). The van der Waals surface area contributed by atoms with Crippen molar-refractivity contribution in [1.82, 2.24) is 9.97 Å². The molecule has 0 atom stereocenters. The van der Waals surface area contributed by atoms with Crippen molar-refractivity contribution in [3.05, 3.63) is 40.8 Å². The number of anilines is 1. The highest BCUT2D eigenvalue weighted by Crippen LogP contribution is 2.25. The Kier molecular flexibility index (Phi) is 2.59. The van der Waals surface area contributed by atoms with Crippen LogP contribution in [0.4, 0.5) is 5.69 Å². The normalized spacial score (nSPS) is 10.1. The highest BCUT2D eigenvalue weighted by atomic mass is 16.5. The minimum Gasteiger partial charge on any atom is -0.495 e. The number of methoxy groups -OCH3 is 1. The molecule has 0 fully saturated rings. The van der Waals surface area contributed by atoms with Gasteiger partial charge in [-0.15, -0.1) is 0 Å². The fourth-order valence-corrected chi connectivity index (χ4v) is 1.40. The molecule has 0 saturated carbocycles. The van der Waals surface area contributed by atoms with Gasteiger partial charge in [-0.3, -0.25) is 4.79 Å². The Morgan fingerprint density at radius 3 is 2.81 bits per heavy atom. The van der Waals surface area contributed by atoms with Crippen molar-refractivity contribution in [3.8, 4) is 17.1 Å². The number of benzene rings is 1. The molecule has 0 aliphatic heterocycles. The Balaban J connectivity index is 2.49. The highest BCUT2D eigenvalue weighted by molar-refractivity contribution is 5.66. The Hall–Kier alpha value is -2.30. The average Bonchev–Trinajstić information content (AvgIpc) is 2.29.